The molecule has 4 heteroatoms. The fourth-order valence-electron chi connectivity index (χ4n) is 7.52. The molecule has 3 heterocycles. The van der Waals surface area contributed by atoms with Gasteiger partial charge < -0.3 is 18.2 Å². The first-order chi connectivity index (χ1) is 25.2. The second-order valence-corrected chi connectivity index (χ2v) is 14.3. The standard InChI is InChI=1S/C48H39NO3/c1-28-7-16-43-34(19-28)25-46(50-43)40-13-10-37(22-31(40)4)49(38-11-14-41(32(5)23-38)47-26-35-20-29(2)8-17-44(35)51-47)39-12-15-42(33(6)24-39)48-27-36-21-30(3)9-18-45(36)52-48/h7-27H,1-6H3. The Morgan fingerprint density at radius 1 is 0.327 bits per heavy atom. The maximum absolute atomic E-state index is 6.33. The number of nitrogens with zero attached hydrogens (tertiary/aromatic N) is 1. The van der Waals surface area contributed by atoms with Gasteiger partial charge in [-0.15, -0.1) is 0 Å². The number of rotatable bonds is 6. The highest BCUT2D eigenvalue weighted by Crippen LogP contribution is 2.42. The molecule has 0 aliphatic heterocycles. The minimum Gasteiger partial charge on any atom is -0.456 e. The van der Waals surface area contributed by atoms with Crippen LogP contribution in [0.2, 0.25) is 0 Å². The summed E-state index contributed by atoms with van der Waals surface area (Å²) in [7, 11) is 0. The molecule has 9 aromatic rings. The molecule has 0 aliphatic carbocycles. The molecule has 0 aliphatic rings. The maximum atomic E-state index is 6.33. The van der Waals surface area contributed by atoms with E-state index in [4.69, 9.17) is 13.3 Å². The number of aryl methyl sites for hydroxylation is 6. The van der Waals surface area contributed by atoms with Crippen LogP contribution in [0.3, 0.4) is 0 Å². The molecular formula is C48H39NO3. The van der Waals surface area contributed by atoms with Gasteiger partial charge in [0.25, 0.3) is 0 Å². The van der Waals surface area contributed by atoms with Crippen LogP contribution in [0.1, 0.15) is 33.4 Å². The molecular weight excluding hydrogens is 639 g/mol. The summed E-state index contributed by atoms with van der Waals surface area (Å²) in [5.74, 6) is 2.62. The van der Waals surface area contributed by atoms with Crippen molar-refractivity contribution in [1.82, 2.24) is 0 Å². The summed E-state index contributed by atoms with van der Waals surface area (Å²) in [5, 5.41) is 3.35. The Balaban J connectivity index is 1.14. The van der Waals surface area contributed by atoms with E-state index in [-0.39, 0.29) is 0 Å². The normalized spacial score (nSPS) is 11.7. The predicted octanol–water partition coefficient (Wildman–Crippen LogP) is 14.2. The van der Waals surface area contributed by atoms with Crippen LogP contribution >= 0.6 is 0 Å². The first kappa shape index (κ1) is 31.7. The second kappa shape index (κ2) is 12.2. The molecule has 0 saturated heterocycles. The van der Waals surface area contributed by atoms with Crippen LogP contribution < -0.4 is 4.90 Å². The molecule has 3 aromatic heterocycles. The summed E-state index contributed by atoms with van der Waals surface area (Å²) < 4.78 is 19.0. The molecule has 0 unspecified atom stereocenters. The number of fused-ring (bicyclic) bond motifs is 3. The van der Waals surface area contributed by atoms with Gasteiger partial charge in [0.2, 0.25) is 0 Å². The highest BCUT2D eigenvalue weighted by molar-refractivity contribution is 5.89. The van der Waals surface area contributed by atoms with E-state index >= 15 is 0 Å². The molecule has 0 atom stereocenters. The van der Waals surface area contributed by atoms with E-state index in [0.717, 1.165) is 101 Å². The Bertz CT molecular complexity index is 2520. The Morgan fingerprint density at radius 3 is 0.923 bits per heavy atom. The molecule has 0 fully saturated rings. The van der Waals surface area contributed by atoms with Crippen LogP contribution in [0.5, 0.6) is 0 Å². The van der Waals surface area contributed by atoms with E-state index in [1.54, 1.807) is 0 Å². The minimum atomic E-state index is 0.874. The first-order valence-corrected chi connectivity index (χ1v) is 17.8. The predicted molar refractivity (Wildman–Crippen MR) is 215 cm³/mol. The van der Waals surface area contributed by atoms with Gasteiger partial charge in [0.15, 0.2) is 0 Å². The Labute approximate surface area is 303 Å². The van der Waals surface area contributed by atoms with Crippen molar-refractivity contribution in [2.45, 2.75) is 41.5 Å². The van der Waals surface area contributed by atoms with Crippen molar-refractivity contribution in [2.75, 3.05) is 4.90 Å². The van der Waals surface area contributed by atoms with E-state index in [2.05, 4.69) is 174 Å². The van der Waals surface area contributed by atoms with Crippen LogP contribution in [0, 0.1) is 41.5 Å². The summed E-state index contributed by atoms with van der Waals surface area (Å²) in [5.41, 5.74) is 16.2. The van der Waals surface area contributed by atoms with E-state index in [0.29, 0.717) is 0 Å². The molecule has 6 aromatic carbocycles. The van der Waals surface area contributed by atoms with Gasteiger partial charge in [-0.3, -0.25) is 0 Å². The van der Waals surface area contributed by atoms with Crippen molar-refractivity contribution in [1.29, 1.82) is 0 Å². The zero-order valence-electron chi connectivity index (χ0n) is 30.3. The summed E-state index contributed by atoms with van der Waals surface area (Å²) in [6, 6.07) is 45.2. The summed E-state index contributed by atoms with van der Waals surface area (Å²) in [6.45, 7) is 12.8. The van der Waals surface area contributed by atoms with Gasteiger partial charge in [-0.1, -0.05) is 34.9 Å². The molecule has 0 bridgehead atoms. The van der Waals surface area contributed by atoms with Crippen LogP contribution in [0.25, 0.3) is 66.9 Å². The third-order valence-electron chi connectivity index (χ3n) is 10.2. The van der Waals surface area contributed by atoms with Gasteiger partial charge in [-0.2, -0.15) is 0 Å². The van der Waals surface area contributed by atoms with Gasteiger partial charge >= 0.3 is 0 Å². The van der Waals surface area contributed by atoms with Crippen molar-refractivity contribution in [2.24, 2.45) is 0 Å². The number of benzene rings is 6. The zero-order chi connectivity index (χ0) is 35.7. The summed E-state index contributed by atoms with van der Waals surface area (Å²) in [4.78, 5) is 2.33. The molecule has 0 spiro atoms. The molecule has 0 saturated carbocycles. The van der Waals surface area contributed by atoms with Crippen LogP contribution in [0.4, 0.5) is 17.1 Å². The Kier molecular flexibility index (Phi) is 7.44. The van der Waals surface area contributed by atoms with E-state index in [9.17, 15) is 0 Å². The van der Waals surface area contributed by atoms with E-state index < -0.39 is 0 Å². The lowest BCUT2D eigenvalue weighted by Gasteiger charge is -2.27. The lowest BCUT2D eigenvalue weighted by Crippen LogP contribution is -2.11. The van der Waals surface area contributed by atoms with Crippen LogP contribution in [-0.2, 0) is 0 Å². The molecule has 0 amide bonds. The molecule has 254 valence electrons. The Hall–Kier alpha value is -6.26. The van der Waals surface area contributed by atoms with E-state index in [1.165, 1.54) is 16.7 Å². The van der Waals surface area contributed by atoms with Gasteiger partial charge in [-0.05, 0) is 167 Å². The number of hydrogen-bond acceptors (Lipinski definition) is 4. The maximum Gasteiger partial charge on any atom is 0.135 e. The van der Waals surface area contributed by atoms with Gasteiger partial charge in [0.05, 0.1) is 0 Å². The molecule has 52 heavy (non-hydrogen) atoms. The average Bonchev–Trinajstić information content (AvgIpc) is 3.84. The summed E-state index contributed by atoms with van der Waals surface area (Å²) >= 11 is 0. The van der Waals surface area contributed by atoms with Crippen molar-refractivity contribution in [3.05, 3.63) is 161 Å². The quantitative estimate of drug-likeness (QED) is 0.176. The fourth-order valence-corrected chi connectivity index (χ4v) is 7.52. The molecule has 0 radical (unpaired) electrons. The fraction of sp³-hybridized carbons (Fsp3) is 0.125. The van der Waals surface area contributed by atoms with Crippen LogP contribution in [-0.4, -0.2) is 0 Å². The topological polar surface area (TPSA) is 42.7 Å². The number of anilines is 3. The van der Waals surface area contributed by atoms with E-state index in [1.807, 2.05) is 0 Å². The van der Waals surface area contributed by atoms with Gasteiger partial charge in [0.1, 0.15) is 34.0 Å². The average molecular weight is 678 g/mol. The van der Waals surface area contributed by atoms with Gasteiger partial charge in [0, 0.05) is 49.9 Å². The van der Waals surface area contributed by atoms with Crippen molar-refractivity contribution < 1.29 is 13.3 Å². The largest absolute Gasteiger partial charge is 0.456 e. The lowest BCUT2D eigenvalue weighted by atomic mass is 10.0. The molecule has 4 nitrogen and oxygen atoms in total. The third kappa shape index (κ3) is 5.57. The second-order valence-electron chi connectivity index (χ2n) is 14.3. The number of furan rings is 3. The lowest BCUT2D eigenvalue weighted by molar-refractivity contribution is 0.630. The van der Waals surface area contributed by atoms with Gasteiger partial charge in [-0.25, -0.2) is 0 Å². The molecule has 9 rings (SSSR count). The Morgan fingerprint density at radius 2 is 0.635 bits per heavy atom. The highest BCUT2D eigenvalue weighted by Gasteiger charge is 2.20. The zero-order valence-corrected chi connectivity index (χ0v) is 30.3. The smallest absolute Gasteiger partial charge is 0.135 e. The first-order valence-electron chi connectivity index (χ1n) is 17.8. The highest BCUT2D eigenvalue weighted by atomic mass is 16.3. The summed E-state index contributed by atoms with van der Waals surface area (Å²) in [6.07, 6.45) is 0. The van der Waals surface area contributed by atoms with Crippen molar-refractivity contribution in [3.8, 4) is 34.0 Å². The monoisotopic (exact) mass is 677 g/mol. The number of hydrogen-bond donors (Lipinski definition) is 0. The van der Waals surface area contributed by atoms with Crippen molar-refractivity contribution in [3.63, 3.8) is 0 Å². The minimum absolute atomic E-state index is 0.874. The van der Waals surface area contributed by atoms with Crippen LogP contribution in [0.15, 0.2) is 141 Å². The van der Waals surface area contributed by atoms with Crippen molar-refractivity contribution >= 4 is 50.0 Å². The SMILES string of the molecule is Cc1ccc2oc(-c3ccc(N(c4ccc(-c5cc6cc(C)ccc6o5)c(C)c4)c4ccc(-c5cc6cc(C)ccc6o5)c(C)c4)cc3C)cc2c1. The molecule has 0 N–H and O–H groups in total. The third-order valence-corrected chi connectivity index (χ3v) is 10.2.